The van der Waals surface area contributed by atoms with E-state index in [1.165, 1.54) is 19.3 Å². The largest absolute Gasteiger partial charge is 0.0625 e. The summed E-state index contributed by atoms with van der Waals surface area (Å²) < 4.78 is 0. The summed E-state index contributed by atoms with van der Waals surface area (Å²) in [6, 6.07) is 0. The lowest BCUT2D eigenvalue weighted by Crippen LogP contribution is -2.30. The van der Waals surface area contributed by atoms with Gasteiger partial charge in [-0.15, -0.1) is 0 Å². The summed E-state index contributed by atoms with van der Waals surface area (Å²) in [5.41, 5.74) is 0. The van der Waals surface area contributed by atoms with Gasteiger partial charge in [-0.2, -0.15) is 0 Å². The van der Waals surface area contributed by atoms with Crippen LogP contribution in [-0.4, -0.2) is 0 Å². The maximum absolute atomic E-state index is 2.53. The molecule has 3 saturated carbocycles. The Morgan fingerprint density at radius 1 is 0.733 bits per heavy atom. The highest BCUT2D eigenvalue weighted by Gasteiger charge is 2.47. The molecule has 0 nitrogen and oxygen atoms in total. The van der Waals surface area contributed by atoms with Crippen molar-refractivity contribution in [1.29, 1.82) is 0 Å². The highest BCUT2D eigenvalue weighted by molar-refractivity contribution is 4.97. The molecule has 6 unspecified atom stereocenters. The van der Waals surface area contributed by atoms with Gasteiger partial charge in [0.1, 0.15) is 0 Å². The van der Waals surface area contributed by atoms with Gasteiger partial charge in [-0.3, -0.25) is 0 Å². The second-order valence-corrected chi connectivity index (χ2v) is 6.83. The van der Waals surface area contributed by atoms with Crippen LogP contribution in [0.15, 0.2) is 0 Å². The standard InChI is InChI=1S/C15H26/c1-10-7-11(2)14-9-12-5-3-4-6-13(12)15(14)8-10/h10-15H,3-9H2,1-2H3. The van der Waals surface area contributed by atoms with Crippen LogP contribution < -0.4 is 0 Å². The molecule has 0 aromatic carbocycles. The van der Waals surface area contributed by atoms with E-state index in [-0.39, 0.29) is 0 Å². The highest BCUT2D eigenvalue weighted by Crippen LogP contribution is 2.56. The molecule has 0 N–H and O–H groups in total. The van der Waals surface area contributed by atoms with Crippen LogP contribution in [0.4, 0.5) is 0 Å². The molecule has 3 aliphatic carbocycles. The Balaban J connectivity index is 1.79. The molecule has 0 heteroatoms. The lowest BCUT2D eigenvalue weighted by atomic mass is 9.67. The fraction of sp³-hybridized carbons (Fsp3) is 1.00. The molecule has 3 rings (SSSR count). The van der Waals surface area contributed by atoms with Gasteiger partial charge in [-0.1, -0.05) is 33.1 Å². The zero-order chi connectivity index (χ0) is 10.4. The Kier molecular flexibility index (Phi) is 2.57. The Morgan fingerprint density at radius 2 is 1.53 bits per heavy atom. The lowest BCUT2D eigenvalue weighted by molar-refractivity contribution is 0.113. The Labute approximate surface area is 94.8 Å². The molecule has 0 bridgehead atoms. The fourth-order valence-corrected chi connectivity index (χ4v) is 5.31. The van der Waals surface area contributed by atoms with Crippen LogP contribution in [0.25, 0.3) is 0 Å². The summed E-state index contributed by atoms with van der Waals surface area (Å²) >= 11 is 0. The summed E-state index contributed by atoms with van der Waals surface area (Å²) in [6.45, 7) is 5.02. The van der Waals surface area contributed by atoms with Crippen LogP contribution in [-0.2, 0) is 0 Å². The second-order valence-electron chi connectivity index (χ2n) is 6.83. The van der Waals surface area contributed by atoms with E-state index in [0.717, 1.165) is 35.5 Å². The topological polar surface area (TPSA) is 0 Å². The van der Waals surface area contributed by atoms with Crippen molar-refractivity contribution in [2.24, 2.45) is 35.5 Å². The first-order chi connectivity index (χ1) is 7.25. The molecular formula is C15H26. The highest BCUT2D eigenvalue weighted by atomic mass is 14.5. The predicted octanol–water partition coefficient (Wildman–Crippen LogP) is 4.49. The van der Waals surface area contributed by atoms with Crippen LogP contribution in [0.5, 0.6) is 0 Å². The SMILES string of the molecule is CC1CC(C)C2CC3CCCCC3C2C1. The third kappa shape index (κ3) is 1.65. The number of rotatable bonds is 0. The molecule has 6 atom stereocenters. The maximum atomic E-state index is 2.53. The molecule has 3 fully saturated rings. The van der Waals surface area contributed by atoms with Gasteiger partial charge in [-0.25, -0.2) is 0 Å². The smallest absolute Gasteiger partial charge is 0.0350 e. The third-order valence-electron chi connectivity index (χ3n) is 5.82. The molecule has 0 radical (unpaired) electrons. The van der Waals surface area contributed by atoms with Crippen LogP contribution in [0.1, 0.15) is 58.8 Å². The first-order valence-corrected chi connectivity index (χ1v) is 7.25. The van der Waals surface area contributed by atoms with Crippen LogP contribution in [0, 0.1) is 35.5 Å². The van der Waals surface area contributed by atoms with Crippen LogP contribution in [0.2, 0.25) is 0 Å². The number of hydrogen-bond acceptors (Lipinski definition) is 0. The predicted molar refractivity (Wildman–Crippen MR) is 64.6 cm³/mol. The molecule has 0 aromatic heterocycles. The van der Waals surface area contributed by atoms with Crippen molar-refractivity contribution in [2.75, 3.05) is 0 Å². The Bertz CT molecular complexity index is 230. The minimum absolute atomic E-state index is 1.02. The number of fused-ring (bicyclic) bond motifs is 3. The molecule has 0 spiro atoms. The minimum Gasteiger partial charge on any atom is -0.0625 e. The summed E-state index contributed by atoms with van der Waals surface area (Å²) in [5, 5.41) is 0. The summed E-state index contributed by atoms with van der Waals surface area (Å²) in [4.78, 5) is 0. The molecule has 0 heterocycles. The van der Waals surface area contributed by atoms with E-state index in [0.29, 0.717) is 0 Å². The van der Waals surface area contributed by atoms with Gasteiger partial charge in [0.15, 0.2) is 0 Å². The van der Waals surface area contributed by atoms with Crippen molar-refractivity contribution in [2.45, 2.75) is 58.8 Å². The van der Waals surface area contributed by atoms with Gasteiger partial charge in [0.2, 0.25) is 0 Å². The molecule has 0 aliphatic heterocycles. The third-order valence-corrected chi connectivity index (χ3v) is 5.82. The molecule has 0 amide bonds. The summed E-state index contributed by atoms with van der Waals surface area (Å²) in [7, 11) is 0. The van der Waals surface area contributed by atoms with Crippen molar-refractivity contribution < 1.29 is 0 Å². The zero-order valence-electron chi connectivity index (χ0n) is 10.4. The van der Waals surface area contributed by atoms with E-state index >= 15 is 0 Å². The van der Waals surface area contributed by atoms with Gasteiger partial charge >= 0.3 is 0 Å². The quantitative estimate of drug-likeness (QED) is 0.547. The van der Waals surface area contributed by atoms with Gasteiger partial charge in [0.25, 0.3) is 0 Å². The first kappa shape index (κ1) is 10.2. The van der Waals surface area contributed by atoms with E-state index in [1.807, 2.05) is 0 Å². The molecule has 15 heavy (non-hydrogen) atoms. The molecular weight excluding hydrogens is 180 g/mol. The molecule has 0 saturated heterocycles. The second kappa shape index (κ2) is 3.79. The van der Waals surface area contributed by atoms with Crippen LogP contribution >= 0.6 is 0 Å². The summed E-state index contributed by atoms with van der Waals surface area (Å²) in [5.74, 6) is 6.59. The normalized spacial score (nSPS) is 54.8. The molecule has 86 valence electrons. The Hall–Kier alpha value is 0. The number of hydrogen-bond donors (Lipinski definition) is 0. The van der Waals surface area contributed by atoms with E-state index in [2.05, 4.69) is 13.8 Å². The van der Waals surface area contributed by atoms with Gasteiger partial charge in [-0.05, 0) is 61.2 Å². The van der Waals surface area contributed by atoms with E-state index in [1.54, 1.807) is 25.7 Å². The zero-order valence-corrected chi connectivity index (χ0v) is 10.4. The minimum atomic E-state index is 1.02. The molecule has 3 aliphatic rings. The summed E-state index contributed by atoms with van der Waals surface area (Å²) in [6.07, 6.45) is 10.9. The fourth-order valence-electron chi connectivity index (χ4n) is 5.31. The molecule has 0 aromatic rings. The van der Waals surface area contributed by atoms with Gasteiger partial charge in [0, 0.05) is 0 Å². The van der Waals surface area contributed by atoms with Crippen LogP contribution in [0.3, 0.4) is 0 Å². The van der Waals surface area contributed by atoms with Gasteiger partial charge < -0.3 is 0 Å². The van der Waals surface area contributed by atoms with Crippen molar-refractivity contribution in [3.05, 3.63) is 0 Å². The van der Waals surface area contributed by atoms with Crippen molar-refractivity contribution in [3.8, 4) is 0 Å². The van der Waals surface area contributed by atoms with Crippen molar-refractivity contribution >= 4 is 0 Å². The average Bonchev–Trinajstić information content (AvgIpc) is 2.57. The van der Waals surface area contributed by atoms with E-state index in [9.17, 15) is 0 Å². The first-order valence-electron chi connectivity index (χ1n) is 7.25. The average molecular weight is 206 g/mol. The van der Waals surface area contributed by atoms with E-state index < -0.39 is 0 Å². The maximum Gasteiger partial charge on any atom is -0.0350 e. The monoisotopic (exact) mass is 206 g/mol. The van der Waals surface area contributed by atoms with Crippen molar-refractivity contribution in [3.63, 3.8) is 0 Å². The van der Waals surface area contributed by atoms with Crippen molar-refractivity contribution in [1.82, 2.24) is 0 Å². The van der Waals surface area contributed by atoms with E-state index in [4.69, 9.17) is 0 Å². The van der Waals surface area contributed by atoms with Gasteiger partial charge in [0.05, 0.1) is 0 Å². The lowest BCUT2D eigenvalue weighted by Gasteiger charge is -2.38. The Morgan fingerprint density at radius 3 is 2.40 bits per heavy atom.